The maximum Gasteiger partial charge on any atom is 0.119 e. The van der Waals surface area contributed by atoms with Crippen LogP contribution in [-0.2, 0) is 35.5 Å². The van der Waals surface area contributed by atoms with Crippen LogP contribution in [0.25, 0.3) is 0 Å². The largest absolute Gasteiger partial charge is 0.494 e. The van der Waals surface area contributed by atoms with Crippen molar-refractivity contribution >= 4 is 0 Å². The van der Waals surface area contributed by atoms with Crippen LogP contribution >= 0.6 is 0 Å². The topological polar surface area (TPSA) is 39.7 Å². The zero-order chi connectivity index (χ0) is 24.4. The van der Waals surface area contributed by atoms with Gasteiger partial charge in [-0.05, 0) is 78.6 Å². The van der Waals surface area contributed by atoms with Gasteiger partial charge in [0.2, 0.25) is 0 Å². The molecule has 0 spiro atoms. The van der Waals surface area contributed by atoms with E-state index in [1.54, 1.807) is 0 Å². The quantitative estimate of drug-likeness (QED) is 0.328. The van der Waals surface area contributed by atoms with Crippen LogP contribution in [0.1, 0.15) is 59.4 Å². The fraction of sp³-hybridized carbons (Fsp3) is 0.438. The van der Waals surface area contributed by atoms with E-state index in [0.717, 1.165) is 31.7 Å². The summed E-state index contributed by atoms with van der Waals surface area (Å²) in [5, 5.41) is 3.53. The summed E-state index contributed by atoms with van der Waals surface area (Å²) in [4.78, 5) is 0. The normalized spacial score (nSPS) is 19.6. The Morgan fingerprint density at radius 2 is 1.61 bits per heavy atom. The van der Waals surface area contributed by atoms with Crippen LogP contribution in [0.4, 0.5) is 0 Å². The van der Waals surface area contributed by atoms with Gasteiger partial charge in [-0.15, -0.1) is 0 Å². The van der Waals surface area contributed by atoms with Gasteiger partial charge in [0.25, 0.3) is 0 Å². The minimum Gasteiger partial charge on any atom is -0.494 e. The van der Waals surface area contributed by atoms with Gasteiger partial charge in [-0.25, -0.2) is 0 Å². The van der Waals surface area contributed by atoms with Gasteiger partial charge in [0.15, 0.2) is 0 Å². The van der Waals surface area contributed by atoms with Gasteiger partial charge in [0.1, 0.15) is 5.75 Å². The van der Waals surface area contributed by atoms with Crippen LogP contribution in [0.3, 0.4) is 0 Å². The average Bonchev–Trinajstić information content (AvgIpc) is 2.95. The third-order valence-corrected chi connectivity index (χ3v) is 7.42. The zero-order valence-corrected chi connectivity index (χ0v) is 21.3. The van der Waals surface area contributed by atoms with Crippen molar-refractivity contribution in [3.05, 3.63) is 101 Å². The van der Waals surface area contributed by atoms with E-state index in [4.69, 9.17) is 14.2 Å². The monoisotopic (exact) mass is 485 g/mol. The summed E-state index contributed by atoms with van der Waals surface area (Å²) in [6.07, 6.45) is 7.23. The van der Waals surface area contributed by atoms with E-state index in [-0.39, 0.29) is 6.10 Å². The number of nitrogens with one attached hydrogen (secondary N) is 1. The van der Waals surface area contributed by atoms with Crippen LogP contribution in [0.5, 0.6) is 5.75 Å². The van der Waals surface area contributed by atoms with Crippen molar-refractivity contribution in [2.24, 2.45) is 0 Å². The summed E-state index contributed by atoms with van der Waals surface area (Å²) in [7, 11) is 0. The van der Waals surface area contributed by atoms with Gasteiger partial charge in [-0.3, -0.25) is 0 Å². The highest BCUT2D eigenvalue weighted by molar-refractivity contribution is 5.34. The van der Waals surface area contributed by atoms with Crippen molar-refractivity contribution in [2.75, 3.05) is 26.3 Å². The van der Waals surface area contributed by atoms with Gasteiger partial charge in [-0.1, -0.05) is 60.7 Å². The van der Waals surface area contributed by atoms with Crippen LogP contribution in [-0.4, -0.2) is 32.4 Å². The molecule has 1 N–H and O–H groups in total. The Kier molecular flexibility index (Phi) is 9.06. The Balaban J connectivity index is 1.07. The lowest BCUT2D eigenvalue weighted by Gasteiger charge is -2.32. The predicted molar refractivity (Wildman–Crippen MR) is 145 cm³/mol. The van der Waals surface area contributed by atoms with Crippen LogP contribution in [0, 0.1) is 0 Å². The van der Waals surface area contributed by atoms with Gasteiger partial charge in [0, 0.05) is 18.9 Å². The molecule has 0 saturated carbocycles. The number of ether oxygens (including phenoxy) is 3. The van der Waals surface area contributed by atoms with Crippen molar-refractivity contribution in [2.45, 2.75) is 63.8 Å². The van der Waals surface area contributed by atoms with E-state index in [1.165, 1.54) is 53.5 Å². The molecule has 2 unspecified atom stereocenters. The third kappa shape index (κ3) is 6.97. The van der Waals surface area contributed by atoms with E-state index >= 15 is 0 Å². The molecule has 3 aromatic rings. The number of hydrogen-bond acceptors (Lipinski definition) is 4. The Morgan fingerprint density at radius 1 is 0.778 bits per heavy atom. The SMILES string of the molecule is c1ccc(COCCCOc2ccc(C3CCNCC3OCc3ccc4c(c3)CCCC4)cc2)cc1. The maximum absolute atomic E-state index is 6.48. The van der Waals surface area contributed by atoms with Crippen LogP contribution < -0.4 is 10.1 Å². The summed E-state index contributed by atoms with van der Waals surface area (Å²) in [6, 6.07) is 25.9. The van der Waals surface area contributed by atoms with E-state index in [2.05, 4.69) is 59.9 Å². The second-order valence-electron chi connectivity index (χ2n) is 10.1. The second-order valence-corrected chi connectivity index (χ2v) is 10.1. The highest BCUT2D eigenvalue weighted by Gasteiger charge is 2.27. The molecule has 1 aliphatic carbocycles. The van der Waals surface area contributed by atoms with Crippen molar-refractivity contribution < 1.29 is 14.2 Å². The van der Waals surface area contributed by atoms with E-state index in [1.807, 2.05) is 18.2 Å². The predicted octanol–water partition coefficient (Wildman–Crippen LogP) is 6.21. The summed E-state index contributed by atoms with van der Waals surface area (Å²) in [6.45, 7) is 4.63. The van der Waals surface area contributed by atoms with Crippen molar-refractivity contribution in [3.63, 3.8) is 0 Å². The molecule has 5 rings (SSSR count). The first-order chi connectivity index (χ1) is 17.8. The van der Waals surface area contributed by atoms with Crippen LogP contribution in [0.2, 0.25) is 0 Å². The Morgan fingerprint density at radius 3 is 2.47 bits per heavy atom. The smallest absolute Gasteiger partial charge is 0.119 e. The molecule has 4 heteroatoms. The van der Waals surface area contributed by atoms with Gasteiger partial charge >= 0.3 is 0 Å². The number of fused-ring (bicyclic) bond motifs is 1. The number of benzene rings is 3. The molecule has 2 aliphatic rings. The molecule has 4 nitrogen and oxygen atoms in total. The molecular formula is C32H39NO3. The Hall–Kier alpha value is -2.66. The van der Waals surface area contributed by atoms with Crippen molar-refractivity contribution in [1.29, 1.82) is 0 Å². The molecule has 0 aromatic heterocycles. The lowest BCUT2D eigenvalue weighted by molar-refractivity contribution is 0.0106. The standard InChI is InChI=1S/C32H39NO3/c1-2-7-25(8-3-1)23-34-19-6-20-35-30-15-13-28(14-16-30)31-17-18-33-22-32(31)36-24-26-11-12-27-9-4-5-10-29(27)21-26/h1-3,7-8,11-16,21,31-33H,4-6,9-10,17-20,22-24H2. The minimum absolute atomic E-state index is 0.184. The highest BCUT2D eigenvalue weighted by Crippen LogP contribution is 2.30. The van der Waals surface area contributed by atoms with Gasteiger partial charge in [0.05, 0.1) is 32.5 Å². The molecule has 1 fully saturated rings. The molecule has 3 aromatic carbocycles. The lowest BCUT2D eigenvalue weighted by atomic mass is 9.87. The number of hydrogen-bond donors (Lipinski definition) is 1. The summed E-state index contributed by atoms with van der Waals surface area (Å²) in [5.74, 6) is 1.33. The van der Waals surface area contributed by atoms with Crippen molar-refractivity contribution in [3.8, 4) is 5.75 Å². The first kappa shape index (κ1) is 25.0. The summed E-state index contributed by atoms with van der Waals surface area (Å²) in [5.41, 5.74) is 6.90. The van der Waals surface area contributed by atoms with Gasteiger partial charge in [-0.2, -0.15) is 0 Å². The van der Waals surface area contributed by atoms with Crippen molar-refractivity contribution in [1.82, 2.24) is 5.32 Å². The fourth-order valence-corrected chi connectivity index (χ4v) is 5.39. The Labute approximate surface area is 216 Å². The first-order valence-electron chi connectivity index (χ1n) is 13.6. The zero-order valence-electron chi connectivity index (χ0n) is 21.3. The molecule has 36 heavy (non-hydrogen) atoms. The first-order valence-corrected chi connectivity index (χ1v) is 13.6. The van der Waals surface area contributed by atoms with E-state index < -0.39 is 0 Å². The molecular weight excluding hydrogens is 446 g/mol. The molecule has 0 amide bonds. The summed E-state index contributed by atoms with van der Waals surface area (Å²) >= 11 is 0. The second kappa shape index (κ2) is 13.0. The number of piperidine rings is 1. The van der Waals surface area contributed by atoms with E-state index in [0.29, 0.717) is 32.3 Å². The number of rotatable bonds is 11. The van der Waals surface area contributed by atoms with Crippen LogP contribution in [0.15, 0.2) is 72.8 Å². The molecule has 1 aliphatic heterocycles. The van der Waals surface area contributed by atoms with E-state index in [9.17, 15) is 0 Å². The fourth-order valence-electron chi connectivity index (χ4n) is 5.39. The summed E-state index contributed by atoms with van der Waals surface area (Å²) < 4.78 is 18.2. The molecule has 0 radical (unpaired) electrons. The third-order valence-electron chi connectivity index (χ3n) is 7.42. The molecule has 1 saturated heterocycles. The molecule has 190 valence electrons. The number of aryl methyl sites for hydroxylation is 2. The maximum atomic E-state index is 6.48. The molecule has 1 heterocycles. The minimum atomic E-state index is 0.184. The molecule has 0 bridgehead atoms. The Bertz CT molecular complexity index is 1070. The average molecular weight is 486 g/mol. The molecule has 2 atom stereocenters. The highest BCUT2D eigenvalue weighted by atomic mass is 16.5. The lowest BCUT2D eigenvalue weighted by Crippen LogP contribution is -2.40. The van der Waals surface area contributed by atoms with Gasteiger partial charge < -0.3 is 19.5 Å².